The predicted molar refractivity (Wildman–Crippen MR) is 63.2 cm³/mol. The number of rotatable bonds is 2. The summed E-state index contributed by atoms with van der Waals surface area (Å²) in [6, 6.07) is 1.92. The summed E-state index contributed by atoms with van der Waals surface area (Å²) in [6.45, 7) is 0.960. The maximum atomic E-state index is 11.8. The van der Waals surface area contributed by atoms with Gasteiger partial charge in [-0.3, -0.25) is 4.79 Å². The van der Waals surface area contributed by atoms with Crippen molar-refractivity contribution in [2.45, 2.75) is 31.7 Å². The minimum atomic E-state index is -0.00704. The lowest BCUT2D eigenvalue weighted by Crippen LogP contribution is -2.39. The highest BCUT2D eigenvalue weighted by Gasteiger charge is 2.19. The van der Waals surface area contributed by atoms with Crippen LogP contribution in [0.1, 0.15) is 25.7 Å². The number of carbonyl (C=O) groups is 1. The van der Waals surface area contributed by atoms with Gasteiger partial charge < -0.3 is 10.6 Å². The quantitative estimate of drug-likeness (QED) is 0.808. The summed E-state index contributed by atoms with van der Waals surface area (Å²) in [5, 5.41) is 10.1. The molecule has 1 aromatic rings. The second-order valence-corrected chi connectivity index (χ2v) is 4.64. The van der Waals surface area contributed by atoms with E-state index in [0.29, 0.717) is 0 Å². The topological polar surface area (TPSA) is 41.1 Å². The number of nitrogens with one attached hydrogen (secondary N) is 2. The second-order valence-electron chi connectivity index (χ2n) is 3.86. The Bertz CT molecular complexity index is 302. The van der Waals surface area contributed by atoms with Gasteiger partial charge >= 0.3 is 0 Å². The zero-order chi connectivity index (χ0) is 10.5. The Labute approximate surface area is 93.9 Å². The minimum Gasteiger partial charge on any atom is -0.324 e. The van der Waals surface area contributed by atoms with Gasteiger partial charge in [-0.15, -0.1) is 0 Å². The summed E-state index contributed by atoms with van der Waals surface area (Å²) in [5.41, 5.74) is 0.913. The van der Waals surface area contributed by atoms with Gasteiger partial charge in [0.05, 0.1) is 11.7 Å². The summed E-state index contributed by atoms with van der Waals surface area (Å²) in [5.74, 6) is 0.107. The molecule has 0 bridgehead atoms. The van der Waals surface area contributed by atoms with E-state index in [9.17, 15) is 4.79 Å². The van der Waals surface area contributed by atoms with E-state index in [1.165, 1.54) is 12.8 Å². The first-order valence-electron chi connectivity index (χ1n) is 5.43. The molecule has 0 aliphatic carbocycles. The molecule has 15 heavy (non-hydrogen) atoms. The predicted octanol–water partition coefficient (Wildman–Crippen LogP) is 2.22. The van der Waals surface area contributed by atoms with E-state index < -0.39 is 0 Å². The van der Waals surface area contributed by atoms with Crippen LogP contribution in [-0.4, -0.2) is 18.5 Å². The van der Waals surface area contributed by atoms with E-state index in [1.54, 1.807) is 11.3 Å². The van der Waals surface area contributed by atoms with E-state index >= 15 is 0 Å². The van der Waals surface area contributed by atoms with Gasteiger partial charge in [-0.2, -0.15) is 11.3 Å². The van der Waals surface area contributed by atoms with Crippen molar-refractivity contribution in [1.29, 1.82) is 0 Å². The monoisotopic (exact) mass is 224 g/mol. The number of thiophene rings is 1. The van der Waals surface area contributed by atoms with Crippen molar-refractivity contribution < 1.29 is 4.79 Å². The average Bonchev–Trinajstić information content (AvgIpc) is 2.58. The Morgan fingerprint density at radius 3 is 3.20 bits per heavy atom. The van der Waals surface area contributed by atoms with Crippen LogP contribution in [0.5, 0.6) is 0 Å². The molecule has 2 rings (SSSR count). The first-order valence-corrected chi connectivity index (χ1v) is 6.37. The highest BCUT2D eigenvalue weighted by molar-refractivity contribution is 7.08. The summed E-state index contributed by atoms with van der Waals surface area (Å²) in [6.07, 6.45) is 4.52. The number of hydrogen-bond donors (Lipinski definition) is 2. The van der Waals surface area contributed by atoms with Crippen molar-refractivity contribution in [3.05, 3.63) is 16.8 Å². The Morgan fingerprint density at radius 2 is 2.40 bits per heavy atom. The van der Waals surface area contributed by atoms with Crippen molar-refractivity contribution >= 4 is 22.9 Å². The van der Waals surface area contributed by atoms with Gasteiger partial charge in [0.1, 0.15) is 0 Å². The molecule has 3 nitrogen and oxygen atoms in total. The third kappa shape index (κ3) is 3.04. The van der Waals surface area contributed by atoms with Crippen LogP contribution in [-0.2, 0) is 4.79 Å². The van der Waals surface area contributed by atoms with Gasteiger partial charge in [-0.1, -0.05) is 12.8 Å². The van der Waals surface area contributed by atoms with Crippen molar-refractivity contribution in [1.82, 2.24) is 5.32 Å². The molecule has 1 atom stereocenters. The van der Waals surface area contributed by atoms with Crippen LogP contribution >= 0.6 is 11.3 Å². The summed E-state index contributed by atoms with van der Waals surface area (Å²) in [7, 11) is 0. The first-order chi connectivity index (χ1) is 7.36. The molecule has 0 saturated carbocycles. The maximum absolute atomic E-state index is 11.8. The maximum Gasteiger partial charge on any atom is 0.241 e. The molecule has 82 valence electrons. The zero-order valence-electron chi connectivity index (χ0n) is 8.66. The molecule has 0 spiro atoms. The van der Waals surface area contributed by atoms with Crippen molar-refractivity contribution in [2.24, 2.45) is 0 Å². The molecule has 0 radical (unpaired) electrons. The second kappa shape index (κ2) is 5.28. The van der Waals surface area contributed by atoms with Crippen molar-refractivity contribution in [3.8, 4) is 0 Å². The van der Waals surface area contributed by atoms with Gasteiger partial charge in [-0.25, -0.2) is 0 Å². The fourth-order valence-electron chi connectivity index (χ4n) is 1.82. The molecule has 2 N–H and O–H groups in total. The number of anilines is 1. The fourth-order valence-corrected chi connectivity index (χ4v) is 2.41. The minimum absolute atomic E-state index is 0.00704. The summed E-state index contributed by atoms with van der Waals surface area (Å²) >= 11 is 1.60. The highest BCUT2D eigenvalue weighted by atomic mass is 32.1. The molecule has 2 heterocycles. The largest absolute Gasteiger partial charge is 0.324 e. The van der Waals surface area contributed by atoms with E-state index in [1.807, 2.05) is 16.8 Å². The molecular weight excluding hydrogens is 208 g/mol. The average molecular weight is 224 g/mol. The van der Waals surface area contributed by atoms with Crippen LogP contribution in [0.4, 0.5) is 5.69 Å². The third-order valence-electron chi connectivity index (χ3n) is 2.67. The highest BCUT2D eigenvalue weighted by Crippen LogP contribution is 2.14. The number of amides is 1. The Balaban J connectivity index is 1.89. The lowest BCUT2D eigenvalue weighted by molar-refractivity contribution is -0.118. The van der Waals surface area contributed by atoms with E-state index in [2.05, 4.69) is 10.6 Å². The third-order valence-corrected chi connectivity index (χ3v) is 3.35. The SMILES string of the molecule is O=C(Nc1ccsc1)C1CCCCCN1. The Morgan fingerprint density at radius 1 is 1.47 bits per heavy atom. The van der Waals surface area contributed by atoms with Crippen LogP contribution in [0.2, 0.25) is 0 Å². The molecular formula is C11H16N2OS. The smallest absolute Gasteiger partial charge is 0.241 e. The van der Waals surface area contributed by atoms with Gasteiger partial charge in [-0.05, 0) is 30.8 Å². The molecule has 1 aliphatic heterocycles. The standard InChI is InChI=1S/C11H16N2OS/c14-11(13-9-5-7-15-8-9)10-4-2-1-3-6-12-10/h5,7-8,10,12H,1-4,6H2,(H,13,14). The van der Waals surface area contributed by atoms with Crippen LogP contribution in [0.15, 0.2) is 16.8 Å². The van der Waals surface area contributed by atoms with Crippen LogP contribution in [0, 0.1) is 0 Å². The lowest BCUT2D eigenvalue weighted by atomic mass is 10.1. The van der Waals surface area contributed by atoms with Crippen molar-refractivity contribution in [3.63, 3.8) is 0 Å². The lowest BCUT2D eigenvalue weighted by Gasteiger charge is -2.14. The van der Waals surface area contributed by atoms with E-state index in [0.717, 1.165) is 25.1 Å². The van der Waals surface area contributed by atoms with Crippen LogP contribution in [0.25, 0.3) is 0 Å². The number of carbonyl (C=O) groups excluding carboxylic acids is 1. The molecule has 1 aliphatic rings. The summed E-state index contributed by atoms with van der Waals surface area (Å²) in [4.78, 5) is 11.8. The van der Waals surface area contributed by atoms with E-state index in [4.69, 9.17) is 0 Å². The zero-order valence-corrected chi connectivity index (χ0v) is 9.48. The Kier molecular flexibility index (Phi) is 3.75. The van der Waals surface area contributed by atoms with Gasteiger partial charge in [0.25, 0.3) is 0 Å². The first kappa shape index (κ1) is 10.6. The normalized spacial score (nSPS) is 22.0. The molecule has 4 heteroatoms. The van der Waals surface area contributed by atoms with Gasteiger partial charge in [0.15, 0.2) is 0 Å². The molecule has 1 amide bonds. The molecule has 1 fully saturated rings. The molecule has 0 aromatic carbocycles. The van der Waals surface area contributed by atoms with Crippen LogP contribution < -0.4 is 10.6 Å². The summed E-state index contributed by atoms with van der Waals surface area (Å²) < 4.78 is 0. The molecule has 1 saturated heterocycles. The van der Waals surface area contributed by atoms with Gasteiger partial charge in [0, 0.05) is 5.38 Å². The molecule has 1 unspecified atom stereocenters. The van der Waals surface area contributed by atoms with Gasteiger partial charge in [0.2, 0.25) is 5.91 Å². The fraction of sp³-hybridized carbons (Fsp3) is 0.545. The van der Waals surface area contributed by atoms with E-state index in [-0.39, 0.29) is 11.9 Å². The number of hydrogen-bond acceptors (Lipinski definition) is 3. The van der Waals surface area contributed by atoms with Crippen LogP contribution in [0.3, 0.4) is 0 Å². The van der Waals surface area contributed by atoms with Crippen molar-refractivity contribution in [2.75, 3.05) is 11.9 Å². The Hall–Kier alpha value is -0.870. The molecule has 1 aromatic heterocycles.